The topological polar surface area (TPSA) is 103 Å². The smallest absolute Gasteiger partial charge is 0.253 e. The van der Waals surface area contributed by atoms with E-state index in [1.807, 2.05) is 43.3 Å². The number of pyridine rings is 1. The maximum atomic E-state index is 13.3. The van der Waals surface area contributed by atoms with Gasteiger partial charge in [-0.2, -0.15) is 5.10 Å². The molecular weight excluding hydrogens is 378 g/mol. The molecule has 0 bridgehead atoms. The Kier molecular flexibility index (Phi) is 5.02. The van der Waals surface area contributed by atoms with Gasteiger partial charge >= 0.3 is 0 Å². The minimum Gasteiger partial charge on any atom is -0.368 e. The molecule has 4 aromatic rings. The van der Waals surface area contributed by atoms with Crippen molar-refractivity contribution in [2.24, 2.45) is 12.8 Å². The summed E-state index contributed by atoms with van der Waals surface area (Å²) in [5.74, 6) is -1.05. The third-order valence-electron chi connectivity index (χ3n) is 4.98. The van der Waals surface area contributed by atoms with Gasteiger partial charge in [0.25, 0.3) is 5.91 Å². The molecule has 0 spiro atoms. The number of nitrogens with one attached hydrogen (secondary N) is 1. The number of aromatic nitrogens is 3. The van der Waals surface area contributed by atoms with Crippen molar-refractivity contribution in [1.29, 1.82) is 0 Å². The highest BCUT2D eigenvalue weighted by Gasteiger charge is 2.24. The van der Waals surface area contributed by atoms with Crippen LogP contribution in [0.25, 0.3) is 22.3 Å². The molecule has 4 rings (SSSR count). The van der Waals surface area contributed by atoms with Crippen molar-refractivity contribution in [3.63, 3.8) is 0 Å². The maximum absolute atomic E-state index is 13.3. The van der Waals surface area contributed by atoms with E-state index in [4.69, 9.17) is 10.7 Å². The molecule has 1 atom stereocenters. The Bertz CT molecular complexity index is 1230. The van der Waals surface area contributed by atoms with Crippen LogP contribution < -0.4 is 11.1 Å². The van der Waals surface area contributed by atoms with Gasteiger partial charge in [-0.1, -0.05) is 60.7 Å². The van der Waals surface area contributed by atoms with Crippen LogP contribution in [0, 0.1) is 6.92 Å². The van der Waals surface area contributed by atoms with Crippen LogP contribution in [0.1, 0.15) is 27.7 Å². The number of hydrogen-bond acceptors (Lipinski definition) is 4. The minimum atomic E-state index is -0.945. The van der Waals surface area contributed by atoms with Gasteiger partial charge in [-0.05, 0) is 18.6 Å². The van der Waals surface area contributed by atoms with E-state index >= 15 is 0 Å². The molecule has 2 amide bonds. The van der Waals surface area contributed by atoms with E-state index < -0.39 is 17.9 Å². The molecule has 2 aromatic carbocycles. The quantitative estimate of drug-likeness (QED) is 0.538. The molecule has 0 aliphatic rings. The largest absolute Gasteiger partial charge is 0.368 e. The zero-order chi connectivity index (χ0) is 21.3. The molecule has 150 valence electrons. The molecule has 0 radical (unpaired) electrons. The second kappa shape index (κ2) is 7.79. The average molecular weight is 399 g/mol. The average Bonchev–Trinajstić information content (AvgIpc) is 3.05. The first-order chi connectivity index (χ1) is 14.5. The molecular formula is C23H21N5O2. The number of nitrogens with zero attached hydrogens (tertiary/aromatic N) is 3. The summed E-state index contributed by atoms with van der Waals surface area (Å²) in [4.78, 5) is 30.1. The molecule has 2 aromatic heterocycles. The number of carbonyl (C=O) groups excluding carboxylic acids is 2. The van der Waals surface area contributed by atoms with E-state index in [2.05, 4.69) is 10.4 Å². The molecule has 2 heterocycles. The van der Waals surface area contributed by atoms with Gasteiger partial charge in [0.2, 0.25) is 5.91 Å². The zero-order valence-corrected chi connectivity index (χ0v) is 16.7. The molecule has 0 aliphatic heterocycles. The van der Waals surface area contributed by atoms with Crippen LogP contribution in [0.5, 0.6) is 0 Å². The second-order valence-corrected chi connectivity index (χ2v) is 7.05. The Labute approximate surface area is 173 Å². The first-order valence-corrected chi connectivity index (χ1v) is 9.50. The van der Waals surface area contributed by atoms with Gasteiger partial charge in [-0.3, -0.25) is 14.3 Å². The van der Waals surface area contributed by atoms with Crippen molar-refractivity contribution in [3.05, 3.63) is 83.6 Å². The number of benzene rings is 2. The van der Waals surface area contributed by atoms with Crippen LogP contribution in [0.4, 0.5) is 0 Å². The maximum Gasteiger partial charge on any atom is 0.253 e. The number of carbonyl (C=O) groups is 2. The Hall–Kier alpha value is -4.00. The van der Waals surface area contributed by atoms with Crippen LogP contribution in [0.15, 0.2) is 66.7 Å². The summed E-state index contributed by atoms with van der Waals surface area (Å²) in [6.45, 7) is 1.83. The predicted molar refractivity (Wildman–Crippen MR) is 115 cm³/mol. The lowest BCUT2D eigenvalue weighted by Gasteiger charge is -2.17. The van der Waals surface area contributed by atoms with Crippen molar-refractivity contribution >= 4 is 22.8 Å². The molecule has 0 saturated heterocycles. The van der Waals surface area contributed by atoms with Crippen LogP contribution in [-0.2, 0) is 11.8 Å². The SMILES string of the molecule is Cc1nn(C)c2nc(-c3ccccc3)cc(C(=O)NC(C(N)=O)c3ccccc3)c12. The molecule has 0 saturated carbocycles. The molecule has 7 nitrogen and oxygen atoms in total. The van der Waals surface area contributed by atoms with Crippen molar-refractivity contribution in [3.8, 4) is 11.3 Å². The van der Waals surface area contributed by atoms with Crippen molar-refractivity contribution in [1.82, 2.24) is 20.1 Å². The number of hydrogen-bond donors (Lipinski definition) is 2. The highest BCUT2D eigenvalue weighted by atomic mass is 16.2. The number of aryl methyl sites for hydroxylation is 2. The van der Waals surface area contributed by atoms with Crippen molar-refractivity contribution < 1.29 is 9.59 Å². The monoisotopic (exact) mass is 399 g/mol. The number of fused-ring (bicyclic) bond motifs is 1. The molecule has 1 unspecified atom stereocenters. The van der Waals surface area contributed by atoms with Gasteiger partial charge in [0.15, 0.2) is 5.65 Å². The summed E-state index contributed by atoms with van der Waals surface area (Å²) in [6, 6.07) is 19.3. The highest BCUT2D eigenvalue weighted by molar-refractivity contribution is 6.08. The first-order valence-electron chi connectivity index (χ1n) is 9.50. The van der Waals surface area contributed by atoms with Gasteiger partial charge < -0.3 is 11.1 Å². The fourth-order valence-electron chi connectivity index (χ4n) is 3.55. The lowest BCUT2D eigenvalue weighted by molar-refractivity contribution is -0.120. The number of rotatable bonds is 5. The molecule has 0 fully saturated rings. The van der Waals surface area contributed by atoms with E-state index in [9.17, 15) is 9.59 Å². The Morgan fingerprint density at radius 1 is 1.03 bits per heavy atom. The summed E-state index contributed by atoms with van der Waals surface area (Å²) < 4.78 is 1.65. The van der Waals surface area contributed by atoms with Crippen LogP contribution in [-0.4, -0.2) is 26.6 Å². The molecule has 3 N–H and O–H groups in total. The van der Waals surface area contributed by atoms with Gasteiger partial charge in [0.05, 0.1) is 22.3 Å². The summed E-state index contributed by atoms with van der Waals surface area (Å²) in [5, 5.41) is 7.85. The lowest BCUT2D eigenvalue weighted by atomic mass is 10.0. The first kappa shape index (κ1) is 19.3. The van der Waals surface area contributed by atoms with Gasteiger partial charge in [0, 0.05) is 12.6 Å². The Morgan fingerprint density at radius 3 is 2.30 bits per heavy atom. The summed E-state index contributed by atoms with van der Waals surface area (Å²) in [7, 11) is 1.79. The normalized spacial score (nSPS) is 11.9. The van der Waals surface area contributed by atoms with E-state index in [1.165, 1.54) is 0 Å². The zero-order valence-electron chi connectivity index (χ0n) is 16.7. The molecule has 7 heteroatoms. The van der Waals surface area contributed by atoms with E-state index in [1.54, 1.807) is 42.1 Å². The van der Waals surface area contributed by atoms with Crippen LogP contribution >= 0.6 is 0 Å². The van der Waals surface area contributed by atoms with Crippen LogP contribution in [0.3, 0.4) is 0 Å². The molecule has 30 heavy (non-hydrogen) atoms. The third kappa shape index (κ3) is 3.53. The van der Waals surface area contributed by atoms with Gasteiger partial charge in [0.1, 0.15) is 6.04 Å². The summed E-state index contributed by atoms with van der Waals surface area (Å²) in [6.07, 6.45) is 0. The van der Waals surface area contributed by atoms with Crippen molar-refractivity contribution in [2.75, 3.05) is 0 Å². The van der Waals surface area contributed by atoms with Gasteiger partial charge in [-0.25, -0.2) is 4.98 Å². The van der Waals surface area contributed by atoms with Crippen molar-refractivity contribution in [2.45, 2.75) is 13.0 Å². The summed E-state index contributed by atoms with van der Waals surface area (Å²) in [5.41, 5.74) is 9.39. The van der Waals surface area contributed by atoms with Gasteiger partial charge in [-0.15, -0.1) is 0 Å². The second-order valence-electron chi connectivity index (χ2n) is 7.05. The van der Waals surface area contributed by atoms with E-state index in [0.717, 1.165) is 5.56 Å². The fourth-order valence-corrected chi connectivity index (χ4v) is 3.55. The third-order valence-corrected chi connectivity index (χ3v) is 4.98. The number of amides is 2. The standard InChI is InChI=1S/C23H21N5O2/c1-14-19-17(23(30)26-20(21(24)29)16-11-7-4-8-12-16)13-18(15-9-5-3-6-10-15)25-22(19)28(2)27-14/h3-13,20H,1-2H3,(H2,24,29)(H,26,30). The summed E-state index contributed by atoms with van der Waals surface area (Å²) >= 11 is 0. The lowest BCUT2D eigenvalue weighted by Crippen LogP contribution is -2.37. The highest BCUT2D eigenvalue weighted by Crippen LogP contribution is 2.27. The number of primary amides is 1. The Morgan fingerprint density at radius 2 is 1.67 bits per heavy atom. The van der Waals surface area contributed by atoms with Crippen LogP contribution in [0.2, 0.25) is 0 Å². The fraction of sp³-hybridized carbons (Fsp3) is 0.130. The molecule has 0 aliphatic carbocycles. The van der Waals surface area contributed by atoms with E-state index in [0.29, 0.717) is 33.5 Å². The Balaban J connectivity index is 1.82. The number of nitrogens with two attached hydrogens (primary N) is 1. The minimum absolute atomic E-state index is 0.395. The van der Waals surface area contributed by atoms with E-state index in [-0.39, 0.29) is 0 Å². The predicted octanol–water partition coefficient (Wildman–Crippen LogP) is 2.90.